The topological polar surface area (TPSA) is 72.2 Å². The Morgan fingerprint density at radius 3 is 2.32 bits per heavy atom. The first-order valence-corrected chi connectivity index (χ1v) is 7.79. The second-order valence-electron chi connectivity index (χ2n) is 4.97. The minimum absolute atomic E-state index is 0.209. The molecule has 0 aliphatic carbocycles. The van der Waals surface area contributed by atoms with Crippen LogP contribution in [-0.2, 0) is 22.1 Å². The molecule has 0 aliphatic heterocycles. The van der Waals surface area contributed by atoms with Crippen LogP contribution in [-0.4, -0.2) is 21.1 Å². The molecule has 0 fully saturated rings. The summed E-state index contributed by atoms with van der Waals surface area (Å²) >= 11 is 0. The monoisotopic (exact) mass is 282 g/mol. The van der Waals surface area contributed by atoms with Crippen molar-refractivity contribution in [3.05, 3.63) is 29.8 Å². The molecule has 0 radical (unpaired) electrons. The van der Waals surface area contributed by atoms with Crippen molar-refractivity contribution in [1.29, 1.82) is 0 Å². The molecular weight excluding hydrogens is 260 g/mol. The van der Waals surface area contributed by atoms with Gasteiger partial charge in [-0.3, -0.25) is 9.00 Å². The summed E-state index contributed by atoms with van der Waals surface area (Å²) in [5.74, 6) is 0.653. The lowest BCUT2D eigenvalue weighted by Crippen LogP contribution is -2.31. The summed E-state index contributed by atoms with van der Waals surface area (Å²) in [7, 11) is -1.14. The van der Waals surface area contributed by atoms with E-state index in [0.717, 1.165) is 5.56 Å². The van der Waals surface area contributed by atoms with Gasteiger partial charge in [-0.25, -0.2) is 0 Å². The third-order valence-corrected chi connectivity index (χ3v) is 4.72. The first-order valence-electron chi connectivity index (χ1n) is 6.41. The maximum Gasteiger partial charge on any atom is 0.239 e. The van der Waals surface area contributed by atoms with E-state index in [-0.39, 0.29) is 5.91 Å². The maximum atomic E-state index is 12.0. The summed E-state index contributed by atoms with van der Waals surface area (Å²) in [6, 6.07) is 7.34. The maximum absolute atomic E-state index is 12.0. The van der Waals surface area contributed by atoms with Crippen LogP contribution >= 0.6 is 0 Å². The first-order chi connectivity index (χ1) is 8.93. The Kier molecular flexibility index (Phi) is 6.18. The number of carbonyl (C=O) groups excluding carboxylic acids is 1. The highest BCUT2D eigenvalue weighted by molar-refractivity contribution is 7.86. The van der Waals surface area contributed by atoms with Crippen molar-refractivity contribution in [1.82, 2.24) is 0 Å². The molecule has 1 rings (SSSR count). The Bertz CT molecular complexity index is 443. The average molecular weight is 282 g/mol. The number of hydrogen-bond donors (Lipinski definition) is 2. The molecule has 0 aliphatic rings. The third kappa shape index (κ3) is 5.12. The summed E-state index contributed by atoms with van der Waals surface area (Å²) in [4.78, 5) is 12.0. The molecule has 1 amide bonds. The lowest BCUT2D eigenvalue weighted by molar-refractivity contribution is -0.115. The van der Waals surface area contributed by atoms with Crippen LogP contribution in [0.2, 0.25) is 0 Å². The van der Waals surface area contributed by atoms with Crippen LogP contribution < -0.4 is 11.1 Å². The van der Waals surface area contributed by atoms with Gasteiger partial charge in [0, 0.05) is 28.8 Å². The Labute approximate surface area is 117 Å². The van der Waals surface area contributed by atoms with Gasteiger partial charge < -0.3 is 11.1 Å². The number of amides is 1. The number of hydrogen-bond acceptors (Lipinski definition) is 3. The van der Waals surface area contributed by atoms with Gasteiger partial charge in [-0.1, -0.05) is 26.0 Å². The fraction of sp³-hybridized carbons (Fsp3) is 0.500. The van der Waals surface area contributed by atoms with E-state index in [1.165, 1.54) is 0 Å². The van der Waals surface area contributed by atoms with E-state index in [9.17, 15) is 9.00 Å². The van der Waals surface area contributed by atoms with Crippen LogP contribution in [0.25, 0.3) is 0 Å². The van der Waals surface area contributed by atoms with Crippen molar-refractivity contribution >= 4 is 22.4 Å². The van der Waals surface area contributed by atoms with Gasteiger partial charge in [-0.2, -0.15) is 0 Å². The van der Waals surface area contributed by atoms with Crippen LogP contribution in [0.1, 0.15) is 26.3 Å². The van der Waals surface area contributed by atoms with Gasteiger partial charge in [0.1, 0.15) is 5.25 Å². The molecule has 0 saturated carbocycles. The number of nitrogens with two attached hydrogens (primary N) is 1. The molecule has 5 heteroatoms. The molecular formula is C14H22N2O2S. The molecule has 2 atom stereocenters. The largest absolute Gasteiger partial charge is 0.326 e. The first kappa shape index (κ1) is 15.9. The predicted molar refractivity (Wildman–Crippen MR) is 80.3 cm³/mol. The van der Waals surface area contributed by atoms with E-state index < -0.39 is 16.0 Å². The lowest BCUT2D eigenvalue weighted by atomic mass is 10.2. The minimum atomic E-state index is -1.14. The number of anilines is 1. The zero-order valence-corrected chi connectivity index (χ0v) is 12.5. The van der Waals surface area contributed by atoms with Crippen LogP contribution in [0.4, 0.5) is 5.69 Å². The predicted octanol–water partition coefficient (Wildman–Crippen LogP) is 1.88. The highest BCUT2D eigenvalue weighted by Gasteiger charge is 2.20. The second-order valence-corrected chi connectivity index (χ2v) is 6.78. The van der Waals surface area contributed by atoms with Gasteiger partial charge in [-0.15, -0.1) is 0 Å². The SMILES string of the molecule is CC(C)CS(=O)C(C)C(=O)Nc1ccc(CN)cc1. The fourth-order valence-electron chi connectivity index (χ4n) is 1.56. The zero-order chi connectivity index (χ0) is 14.4. The van der Waals surface area contributed by atoms with Gasteiger partial charge >= 0.3 is 0 Å². The Balaban J connectivity index is 2.60. The van der Waals surface area contributed by atoms with Crippen molar-refractivity contribution < 1.29 is 9.00 Å². The van der Waals surface area contributed by atoms with Gasteiger partial charge in [0.15, 0.2) is 0 Å². The fourth-order valence-corrected chi connectivity index (χ4v) is 2.80. The van der Waals surface area contributed by atoms with Crippen molar-refractivity contribution in [2.75, 3.05) is 11.1 Å². The molecule has 1 aromatic carbocycles. The number of rotatable bonds is 6. The van der Waals surface area contributed by atoms with Crippen LogP contribution in [0.15, 0.2) is 24.3 Å². The summed E-state index contributed by atoms with van der Waals surface area (Å²) < 4.78 is 11.9. The molecule has 0 saturated heterocycles. The Hall–Kier alpha value is -1.20. The molecule has 3 N–H and O–H groups in total. The Morgan fingerprint density at radius 2 is 1.84 bits per heavy atom. The number of nitrogens with one attached hydrogen (secondary N) is 1. The van der Waals surface area contributed by atoms with Crippen LogP contribution in [0.3, 0.4) is 0 Å². The molecule has 0 spiro atoms. The van der Waals surface area contributed by atoms with E-state index in [2.05, 4.69) is 5.32 Å². The van der Waals surface area contributed by atoms with Crippen molar-refractivity contribution in [3.8, 4) is 0 Å². The average Bonchev–Trinajstić information content (AvgIpc) is 2.37. The lowest BCUT2D eigenvalue weighted by Gasteiger charge is -2.13. The molecule has 2 unspecified atom stereocenters. The van der Waals surface area contributed by atoms with E-state index in [1.54, 1.807) is 19.1 Å². The van der Waals surface area contributed by atoms with Gasteiger partial charge in [0.05, 0.1) is 0 Å². The zero-order valence-electron chi connectivity index (χ0n) is 11.7. The highest BCUT2D eigenvalue weighted by Crippen LogP contribution is 2.11. The number of carbonyl (C=O) groups is 1. The normalized spacial score (nSPS) is 14.2. The summed E-state index contributed by atoms with van der Waals surface area (Å²) in [6.45, 7) is 6.16. The summed E-state index contributed by atoms with van der Waals surface area (Å²) in [5, 5.41) is 2.27. The van der Waals surface area contributed by atoms with E-state index >= 15 is 0 Å². The smallest absolute Gasteiger partial charge is 0.239 e. The van der Waals surface area contributed by atoms with Crippen molar-refractivity contribution in [2.45, 2.75) is 32.6 Å². The molecule has 0 heterocycles. The molecule has 1 aromatic rings. The van der Waals surface area contributed by atoms with Gasteiger partial charge in [0.25, 0.3) is 0 Å². The van der Waals surface area contributed by atoms with E-state index in [4.69, 9.17) is 5.73 Å². The molecule has 19 heavy (non-hydrogen) atoms. The standard InChI is InChI=1S/C14H22N2O2S/c1-10(2)9-19(18)11(3)14(17)16-13-6-4-12(8-15)5-7-13/h4-7,10-11H,8-9,15H2,1-3H3,(H,16,17). The molecule has 106 valence electrons. The van der Waals surface area contributed by atoms with E-state index in [1.807, 2.05) is 26.0 Å². The van der Waals surface area contributed by atoms with E-state index in [0.29, 0.717) is 23.9 Å². The molecule has 4 nitrogen and oxygen atoms in total. The third-order valence-electron chi connectivity index (χ3n) is 2.72. The second kappa shape index (κ2) is 7.40. The Morgan fingerprint density at radius 1 is 1.26 bits per heavy atom. The quantitative estimate of drug-likeness (QED) is 0.836. The van der Waals surface area contributed by atoms with Gasteiger partial charge in [-0.05, 0) is 30.5 Å². The van der Waals surface area contributed by atoms with Crippen LogP contribution in [0.5, 0.6) is 0 Å². The van der Waals surface area contributed by atoms with Gasteiger partial charge in [0.2, 0.25) is 5.91 Å². The summed E-state index contributed by atoms with van der Waals surface area (Å²) in [5.41, 5.74) is 7.22. The number of benzene rings is 1. The molecule has 0 aromatic heterocycles. The minimum Gasteiger partial charge on any atom is -0.326 e. The van der Waals surface area contributed by atoms with Crippen molar-refractivity contribution in [3.63, 3.8) is 0 Å². The van der Waals surface area contributed by atoms with Crippen LogP contribution in [0, 0.1) is 5.92 Å². The molecule has 0 bridgehead atoms. The summed E-state index contributed by atoms with van der Waals surface area (Å²) in [6.07, 6.45) is 0. The van der Waals surface area contributed by atoms with Crippen molar-refractivity contribution in [2.24, 2.45) is 11.7 Å². The highest BCUT2D eigenvalue weighted by atomic mass is 32.2.